The van der Waals surface area contributed by atoms with Crippen LogP contribution in [0.3, 0.4) is 0 Å². The van der Waals surface area contributed by atoms with Crippen molar-refractivity contribution in [3.63, 3.8) is 0 Å². The molecule has 0 saturated heterocycles. The molecule has 1 aliphatic rings. The van der Waals surface area contributed by atoms with E-state index in [1.807, 2.05) is 0 Å². The van der Waals surface area contributed by atoms with E-state index in [0.29, 0.717) is 28.8 Å². The van der Waals surface area contributed by atoms with E-state index in [4.69, 9.17) is 0 Å². The minimum absolute atomic E-state index is 0.0612. The molecule has 0 unspecified atom stereocenters. The highest BCUT2D eigenvalue weighted by atomic mass is 19.1. The van der Waals surface area contributed by atoms with E-state index in [9.17, 15) is 9.18 Å². The molecule has 1 saturated carbocycles. The lowest BCUT2D eigenvalue weighted by molar-refractivity contribution is 0.0938. The number of benzene rings is 1. The van der Waals surface area contributed by atoms with Gasteiger partial charge in [-0.1, -0.05) is 25.3 Å². The molecule has 0 radical (unpaired) electrons. The topological polar surface area (TPSA) is 32.9 Å². The van der Waals surface area contributed by atoms with E-state index in [1.54, 1.807) is 18.3 Å². The number of fused-ring (bicyclic) bond motifs is 1. The maximum absolute atomic E-state index is 13.7. The van der Waals surface area contributed by atoms with Crippen molar-refractivity contribution in [2.75, 3.05) is 0 Å². The molecule has 0 spiro atoms. The Morgan fingerprint density at radius 2 is 2.24 bits per heavy atom. The average Bonchev–Trinajstić information content (AvgIpc) is 2.68. The van der Waals surface area contributed by atoms with Crippen LogP contribution in [-0.2, 0) is 0 Å². The Balaban J connectivity index is 1.96. The fourth-order valence-corrected chi connectivity index (χ4v) is 2.43. The van der Waals surface area contributed by atoms with E-state index in [0.717, 1.165) is 12.8 Å². The van der Waals surface area contributed by atoms with E-state index < -0.39 is 0 Å². The van der Waals surface area contributed by atoms with Gasteiger partial charge in [0.1, 0.15) is 5.82 Å². The first-order chi connectivity index (χ1) is 8.25. The largest absolute Gasteiger partial charge is 0.360 e. The SMILES string of the molecule is O=C(CC1CCC1)c1c[nH]c2cccc(F)c12. The Morgan fingerprint density at radius 1 is 1.41 bits per heavy atom. The van der Waals surface area contributed by atoms with Gasteiger partial charge in [-0.3, -0.25) is 4.79 Å². The molecule has 0 amide bonds. The van der Waals surface area contributed by atoms with Crippen molar-refractivity contribution >= 4 is 16.7 Å². The van der Waals surface area contributed by atoms with Crippen molar-refractivity contribution in [2.24, 2.45) is 5.92 Å². The lowest BCUT2D eigenvalue weighted by atomic mass is 9.81. The smallest absolute Gasteiger partial charge is 0.165 e. The van der Waals surface area contributed by atoms with E-state index in [1.165, 1.54) is 12.5 Å². The molecule has 3 heteroatoms. The number of carbonyl (C=O) groups is 1. The molecule has 88 valence electrons. The Bertz CT molecular complexity index is 569. The summed E-state index contributed by atoms with van der Waals surface area (Å²) in [6.45, 7) is 0. The van der Waals surface area contributed by atoms with Gasteiger partial charge in [0.25, 0.3) is 0 Å². The quantitative estimate of drug-likeness (QED) is 0.803. The number of aromatic nitrogens is 1. The highest BCUT2D eigenvalue weighted by molar-refractivity contribution is 6.08. The number of nitrogens with one attached hydrogen (secondary N) is 1. The van der Waals surface area contributed by atoms with Gasteiger partial charge in [0.2, 0.25) is 0 Å². The molecule has 1 N–H and O–H groups in total. The normalized spacial score (nSPS) is 16.1. The first-order valence-electron chi connectivity index (χ1n) is 6.04. The van der Waals surface area contributed by atoms with E-state index >= 15 is 0 Å². The third kappa shape index (κ3) is 1.75. The molecule has 3 rings (SSSR count). The summed E-state index contributed by atoms with van der Waals surface area (Å²) in [5, 5.41) is 0.442. The lowest BCUT2D eigenvalue weighted by Gasteiger charge is -2.24. The van der Waals surface area contributed by atoms with Crippen LogP contribution in [0.25, 0.3) is 10.9 Å². The van der Waals surface area contributed by atoms with Gasteiger partial charge < -0.3 is 4.98 Å². The van der Waals surface area contributed by atoms with Crippen LogP contribution in [0.1, 0.15) is 36.0 Å². The number of rotatable bonds is 3. The second kappa shape index (κ2) is 3.99. The summed E-state index contributed by atoms with van der Waals surface area (Å²) in [6.07, 6.45) is 5.68. The number of hydrogen-bond acceptors (Lipinski definition) is 1. The first kappa shape index (κ1) is 10.5. The summed E-state index contributed by atoms with van der Waals surface area (Å²) in [7, 11) is 0. The highest BCUT2D eigenvalue weighted by Gasteiger charge is 2.23. The Hall–Kier alpha value is -1.64. The van der Waals surface area contributed by atoms with Crippen molar-refractivity contribution in [1.29, 1.82) is 0 Å². The van der Waals surface area contributed by atoms with Gasteiger partial charge in [-0.15, -0.1) is 0 Å². The molecule has 1 aromatic carbocycles. The molecule has 1 aromatic heterocycles. The molecular formula is C14H14FNO. The molecule has 17 heavy (non-hydrogen) atoms. The van der Waals surface area contributed by atoms with E-state index in [2.05, 4.69) is 4.98 Å². The second-order valence-electron chi connectivity index (χ2n) is 4.79. The molecule has 0 atom stereocenters. The van der Waals surface area contributed by atoms with Crippen LogP contribution >= 0.6 is 0 Å². The van der Waals surface area contributed by atoms with Crippen LogP contribution in [0, 0.1) is 11.7 Å². The van der Waals surface area contributed by atoms with E-state index in [-0.39, 0.29) is 11.6 Å². The zero-order valence-electron chi connectivity index (χ0n) is 9.50. The van der Waals surface area contributed by atoms with Gasteiger partial charge in [0.05, 0.1) is 0 Å². The first-order valence-corrected chi connectivity index (χ1v) is 6.04. The maximum atomic E-state index is 13.7. The van der Waals surface area contributed by atoms with Crippen molar-refractivity contribution < 1.29 is 9.18 Å². The number of ketones is 1. The average molecular weight is 231 g/mol. The summed E-state index contributed by atoms with van der Waals surface area (Å²) in [5.41, 5.74) is 1.20. The number of hydrogen-bond donors (Lipinski definition) is 1. The summed E-state index contributed by atoms with van der Waals surface area (Å²) < 4.78 is 13.7. The van der Waals surface area contributed by atoms with Crippen LogP contribution in [0.2, 0.25) is 0 Å². The lowest BCUT2D eigenvalue weighted by Crippen LogP contribution is -2.15. The number of aromatic amines is 1. The second-order valence-corrected chi connectivity index (χ2v) is 4.79. The number of H-pyrrole nitrogens is 1. The number of carbonyl (C=O) groups excluding carboxylic acids is 1. The predicted octanol–water partition coefficient (Wildman–Crippen LogP) is 3.68. The number of Topliss-reactive ketones (excluding diaryl/α,β-unsaturated/α-hetero) is 1. The van der Waals surface area contributed by atoms with Crippen LogP contribution in [0.5, 0.6) is 0 Å². The standard InChI is InChI=1S/C14H14FNO/c15-11-5-2-6-12-14(11)10(8-16-12)13(17)7-9-3-1-4-9/h2,5-6,8-9,16H,1,3-4,7H2. The molecule has 1 aliphatic carbocycles. The van der Waals surface area contributed by atoms with Gasteiger partial charge in [-0.2, -0.15) is 0 Å². The van der Waals surface area contributed by atoms with Gasteiger partial charge in [0, 0.05) is 29.1 Å². The molecule has 2 aromatic rings. The zero-order valence-corrected chi connectivity index (χ0v) is 9.50. The zero-order chi connectivity index (χ0) is 11.8. The van der Waals surface area contributed by atoms with Gasteiger partial charge >= 0.3 is 0 Å². The van der Waals surface area contributed by atoms with Gasteiger partial charge in [-0.25, -0.2) is 4.39 Å². The fraction of sp³-hybridized carbons (Fsp3) is 0.357. The highest BCUT2D eigenvalue weighted by Crippen LogP contribution is 2.32. The third-order valence-corrected chi connectivity index (χ3v) is 3.65. The molecular weight excluding hydrogens is 217 g/mol. The summed E-state index contributed by atoms with van der Waals surface area (Å²) >= 11 is 0. The van der Waals surface area contributed by atoms with Crippen LogP contribution in [0.4, 0.5) is 4.39 Å². The summed E-state index contributed by atoms with van der Waals surface area (Å²) in [4.78, 5) is 15.0. The maximum Gasteiger partial charge on any atom is 0.165 e. The minimum Gasteiger partial charge on any atom is -0.360 e. The molecule has 2 nitrogen and oxygen atoms in total. The molecule has 1 heterocycles. The number of halogens is 1. The van der Waals surface area contributed by atoms with Crippen LogP contribution in [0.15, 0.2) is 24.4 Å². The molecule has 0 bridgehead atoms. The van der Waals surface area contributed by atoms with Gasteiger partial charge in [0.15, 0.2) is 5.78 Å². The molecule has 0 aliphatic heterocycles. The monoisotopic (exact) mass is 231 g/mol. The Labute approximate surface area is 98.8 Å². The Morgan fingerprint density at radius 3 is 2.94 bits per heavy atom. The van der Waals surface area contributed by atoms with Crippen molar-refractivity contribution in [3.8, 4) is 0 Å². The van der Waals surface area contributed by atoms with Crippen molar-refractivity contribution in [1.82, 2.24) is 4.98 Å². The third-order valence-electron chi connectivity index (χ3n) is 3.65. The van der Waals surface area contributed by atoms with Crippen molar-refractivity contribution in [3.05, 3.63) is 35.8 Å². The Kier molecular flexibility index (Phi) is 2.46. The van der Waals surface area contributed by atoms with Crippen molar-refractivity contribution in [2.45, 2.75) is 25.7 Å². The summed E-state index contributed by atoms with van der Waals surface area (Å²) in [5.74, 6) is 0.256. The van der Waals surface area contributed by atoms with Crippen LogP contribution in [-0.4, -0.2) is 10.8 Å². The predicted molar refractivity (Wildman–Crippen MR) is 64.5 cm³/mol. The summed E-state index contributed by atoms with van der Waals surface area (Å²) in [6, 6.07) is 4.84. The van der Waals surface area contributed by atoms with Gasteiger partial charge in [-0.05, 0) is 18.1 Å². The van der Waals surface area contributed by atoms with Crippen LogP contribution < -0.4 is 0 Å². The minimum atomic E-state index is -0.319. The molecule has 1 fully saturated rings. The fourth-order valence-electron chi connectivity index (χ4n) is 2.43.